The van der Waals surface area contributed by atoms with Crippen LogP contribution in [0, 0.1) is 5.41 Å². The Morgan fingerprint density at radius 1 is 1.45 bits per heavy atom. The third-order valence-electron chi connectivity index (χ3n) is 3.85. The van der Waals surface area contributed by atoms with Crippen LogP contribution in [0.2, 0.25) is 0 Å². The number of anilines is 1. The predicted molar refractivity (Wildman–Crippen MR) is 86.5 cm³/mol. The molecule has 2 rings (SSSR count). The van der Waals surface area contributed by atoms with E-state index in [4.69, 9.17) is 10.5 Å². The summed E-state index contributed by atoms with van der Waals surface area (Å²) in [6, 6.07) is 3.34. The lowest BCUT2D eigenvalue weighted by Gasteiger charge is -2.30. The summed E-state index contributed by atoms with van der Waals surface area (Å²) in [6.45, 7) is 9.36. The van der Waals surface area contributed by atoms with Gasteiger partial charge < -0.3 is 20.7 Å². The Balaban J connectivity index is 2.02. The lowest BCUT2D eigenvalue weighted by atomic mass is 9.87. The number of rotatable bonds is 4. The average molecular weight is 306 g/mol. The molecule has 0 radical (unpaired) electrons. The number of amides is 1. The van der Waals surface area contributed by atoms with Gasteiger partial charge in [0.1, 0.15) is 5.82 Å². The van der Waals surface area contributed by atoms with Gasteiger partial charge in [0.05, 0.1) is 19.3 Å². The van der Waals surface area contributed by atoms with Crippen LogP contribution < -0.4 is 16.0 Å². The molecule has 1 atom stereocenters. The molecule has 122 valence electrons. The molecule has 6 nitrogen and oxygen atoms in total. The van der Waals surface area contributed by atoms with Crippen molar-refractivity contribution in [2.75, 3.05) is 31.2 Å². The number of nitrogens with one attached hydrogen (secondary N) is 1. The van der Waals surface area contributed by atoms with E-state index in [-0.39, 0.29) is 11.3 Å². The smallest absolute Gasteiger partial charge is 0.237 e. The summed E-state index contributed by atoms with van der Waals surface area (Å²) in [5.74, 6) is 0.778. The highest BCUT2D eigenvalue weighted by atomic mass is 16.5. The van der Waals surface area contributed by atoms with Crippen molar-refractivity contribution in [1.82, 2.24) is 10.3 Å². The van der Waals surface area contributed by atoms with E-state index in [1.165, 1.54) is 0 Å². The SMILES string of the molecule is CC(C)(C)[C@H](N)C(=O)NCc1cccnc1N1CCOCC1. The van der Waals surface area contributed by atoms with Crippen molar-refractivity contribution in [2.45, 2.75) is 33.4 Å². The summed E-state index contributed by atoms with van der Waals surface area (Å²) >= 11 is 0. The number of aromatic nitrogens is 1. The molecule has 0 aliphatic carbocycles. The summed E-state index contributed by atoms with van der Waals surface area (Å²) in [5, 5.41) is 2.92. The molecule has 22 heavy (non-hydrogen) atoms. The highest BCUT2D eigenvalue weighted by Crippen LogP contribution is 2.20. The number of carbonyl (C=O) groups is 1. The number of pyridine rings is 1. The predicted octanol–water partition coefficient (Wildman–Crippen LogP) is 0.908. The minimum absolute atomic E-state index is 0.135. The summed E-state index contributed by atoms with van der Waals surface area (Å²) in [6.07, 6.45) is 1.77. The molecule has 1 saturated heterocycles. The molecule has 0 spiro atoms. The highest BCUT2D eigenvalue weighted by Gasteiger charge is 2.27. The van der Waals surface area contributed by atoms with Crippen molar-refractivity contribution in [1.29, 1.82) is 0 Å². The summed E-state index contributed by atoms with van der Waals surface area (Å²) in [5.41, 5.74) is 6.73. The Labute approximate surface area is 132 Å². The van der Waals surface area contributed by atoms with Crippen molar-refractivity contribution in [2.24, 2.45) is 11.1 Å². The van der Waals surface area contributed by atoms with Crippen LogP contribution in [0.5, 0.6) is 0 Å². The fourth-order valence-corrected chi connectivity index (χ4v) is 2.31. The monoisotopic (exact) mass is 306 g/mol. The number of morpholine rings is 1. The maximum absolute atomic E-state index is 12.2. The largest absolute Gasteiger partial charge is 0.378 e. The second-order valence-corrected chi connectivity index (χ2v) is 6.65. The molecule has 2 heterocycles. The fraction of sp³-hybridized carbons (Fsp3) is 0.625. The molecule has 1 aromatic heterocycles. The third-order valence-corrected chi connectivity index (χ3v) is 3.85. The highest BCUT2D eigenvalue weighted by molar-refractivity contribution is 5.82. The van der Waals surface area contributed by atoms with Crippen LogP contribution in [0.3, 0.4) is 0 Å². The molecule has 1 aliphatic heterocycles. The summed E-state index contributed by atoms with van der Waals surface area (Å²) < 4.78 is 5.37. The average Bonchev–Trinajstić information content (AvgIpc) is 2.52. The van der Waals surface area contributed by atoms with Crippen LogP contribution in [0.1, 0.15) is 26.3 Å². The number of hydrogen-bond donors (Lipinski definition) is 2. The van der Waals surface area contributed by atoms with Crippen LogP contribution >= 0.6 is 0 Å². The number of ether oxygens (including phenoxy) is 1. The molecule has 0 saturated carbocycles. The third kappa shape index (κ3) is 4.18. The lowest BCUT2D eigenvalue weighted by molar-refractivity contribution is -0.124. The lowest BCUT2D eigenvalue weighted by Crippen LogP contribution is -2.48. The number of hydrogen-bond acceptors (Lipinski definition) is 5. The van der Waals surface area contributed by atoms with Crippen LogP contribution in [-0.2, 0) is 16.1 Å². The first-order chi connectivity index (χ1) is 10.4. The van der Waals surface area contributed by atoms with Gasteiger partial charge in [-0.1, -0.05) is 26.8 Å². The van der Waals surface area contributed by atoms with Crippen molar-refractivity contribution in [3.05, 3.63) is 23.9 Å². The number of nitrogens with two attached hydrogens (primary N) is 1. The van der Waals surface area contributed by atoms with Gasteiger partial charge in [-0.15, -0.1) is 0 Å². The van der Waals surface area contributed by atoms with Crippen LogP contribution in [0.15, 0.2) is 18.3 Å². The Morgan fingerprint density at radius 2 is 2.14 bits per heavy atom. The first-order valence-electron chi connectivity index (χ1n) is 7.69. The first-order valence-corrected chi connectivity index (χ1v) is 7.69. The van der Waals surface area contributed by atoms with Gasteiger partial charge in [0.25, 0.3) is 0 Å². The Kier molecular flexibility index (Phi) is 5.37. The van der Waals surface area contributed by atoms with Gasteiger partial charge in [0, 0.05) is 31.4 Å². The van der Waals surface area contributed by atoms with Crippen molar-refractivity contribution < 1.29 is 9.53 Å². The maximum atomic E-state index is 12.2. The van der Waals surface area contributed by atoms with E-state index in [1.807, 2.05) is 32.9 Å². The fourth-order valence-electron chi connectivity index (χ4n) is 2.31. The topological polar surface area (TPSA) is 80.5 Å². The van der Waals surface area contributed by atoms with E-state index in [9.17, 15) is 4.79 Å². The maximum Gasteiger partial charge on any atom is 0.237 e. The van der Waals surface area contributed by atoms with E-state index in [1.54, 1.807) is 6.20 Å². The summed E-state index contributed by atoms with van der Waals surface area (Å²) in [4.78, 5) is 18.8. The van der Waals surface area contributed by atoms with Crippen LogP contribution in [0.25, 0.3) is 0 Å². The van der Waals surface area contributed by atoms with E-state index in [2.05, 4.69) is 15.2 Å². The second kappa shape index (κ2) is 7.07. The molecule has 1 aliphatic rings. The quantitative estimate of drug-likeness (QED) is 0.864. The minimum atomic E-state index is -0.531. The molecule has 0 unspecified atom stereocenters. The molecule has 1 fully saturated rings. The molecule has 1 amide bonds. The summed E-state index contributed by atoms with van der Waals surface area (Å²) in [7, 11) is 0. The van der Waals surface area contributed by atoms with Crippen molar-refractivity contribution in [3.8, 4) is 0 Å². The zero-order chi connectivity index (χ0) is 16.2. The van der Waals surface area contributed by atoms with Gasteiger partial charge in [0.15, 0.2) is 0 Å². The zero-order valence-corrected chi connectivity index (χ0v) is 13.6. The van der Waals surface area contributed by atoms with Crippen LogP contribution in [-0.4, -0.2) is 43.2 Å². The first kappa shape index (κ1) is 16.7. The van der Waals surface area contributed by atoms with E-state index in [0.717, 1.165) is 24.5 Å². The number of nitrogens with zero attached hydrogens (tertiary/aromatic N) is 2. The van der Waals surface area contributed by atoms with Crippen LogP contribution in [0.4, 0.5) is 5.82 Å². The molecular formula is C16H26N4O2. The number of carbonyl (C=O) groups excluding carboxylic acids is 1. The Bertz CT molecular complexity index is 507. The van der Waals surface area contributed by atoms with E-state index >= 15 is 0 Å². The van der Waals surface area contributed by atoms with E-state index in [0.29, 0.717) is 19.8 Å². The molecular weight excluding hydrogens is 280 g/mol. The molecule has 1 aromatic rings. The van der Waals surface area contributed by atoms with Gasteiger partial charge in [-0.05, 0) is 11.5 Å². The van der Waals surface area contributed by atoms with Gasteiger partial charge in [-0.3, -0.25) is 4.79 Å². The Morgan fingerprint density at radius 3 is 2.77 bits per heavy atom. The Hall–Kier alpha value is -1.66. The van der Waals surface area contributed by atoms with Crippen molar-refractivity contribution in [3.63, 3.8) is 0 Å². The second-order valence-electron chi connectivity index (χ2n) is 6.65. The normalized spacial score (nSPS) is 17.2. The molecule has 0 bridgehead atoms. The van der Waals surface area contributed by atoms with Gasteiger partial charge in [0.2, 0.25) is 5.91 Å². The van der Waals surface area contributed by atoms with Crippen molar-refractivity contribution >= 4 is 11.7 Å². The standard InChI is InChI=1S/C16H26N4O2/c1-16(2,3)13(17)15(21)19-11-12-5-4-6-18-14(12)20-7-9-22-10-8-20/h4-6,13H,7-11,17H2,1-3H3,(H,19,21)/t13-/m1/s1. The van der Waals surface area contributed by atoms with Gasteiger partial charge >= 0.3 is 0 Å². The zero-order valence-electron chi connectivity index (χ0n) is 13.6. The van der Waals surface area contributed by atoms with Gasteiger partial charge in [-0.2, -0.15) is 0 Å². The van der Waals surface area contributed by atoms with Gasteiger partial charge in [-0.25, -0.2) is 4.98 Å². The molecule has 6 heteroatoms. The van der Waals surface area contributed by atoms with E-state index < -0.39 is 6.04 Å². The molecule has 0 aromatic carbocycles. The minimum Gasteiger partial charge on any atom is -0.378 e. The molecule has 3 N–H and O–H groups in total.